The van der Waals surface area contributed by atoms with E-state index in [-0.39, 0.29) is 11.8 Å². The van der Waals surface area contributed by atoms with Crippen molar-refractivity contribution in [2.24, 2.45) is 0 Å². The molecule has 0 spiro atoms. The van der Waals surface area contributed by atoms with E-state index in [0.717, 1.165) is 41.4 Å². The maximum absolute atomic E-state index is 13.2. The van der Waals surface area contributed by atoms with E-state index in [1.165, 1.54) is 9.36 Å². The number of nitrogens with zero attached hydrogens (tertiary/aromatic N) is 2. The number of rotatable bonds is 10. The molecular formula is C26H29N3O2Se. The number of hydrogen-bond acceptors (Lipinski definition) is 4. The first-order valence-electron chi connectivity index (χ1n) is 11.2. The molecule has 5 nitrogen and oxygen atoms in total. The van der Waals surface area contributed by atoms with Gasteiger partial charge in [-0.05, 0) is 13.1 Å². The topological polar surface area (TPSA) is 52.6 Å². The first-order chi connectivity index (χ1) is 15.6. The van der Waals surface area contributed by atoms with E-state index in [1.54, 1.807) is 0 Å². The van der Waals surface area contributed by atoms with Gasteiger partial charge in [0.05, 0.1) is 0 Å². The van der Waals surface area contributed by atoms with Crippen LogP contribution in [0.3, 0.4) is 0 Å². The van der Waals surface area contributed by atoms with Gasteiger partial charge in [-0.2, -0.15) is 0 Å². The van der Waals surface area contributed by atoms with Crippen molar-refractivity contribution in [3.8, 4) is 0 Å². The van der Waals surface area contributed by atoms with Crippen LogP contribution in [0.15, 0.2) is 60.7 Å². The fourth-order valence-electron chi connectivity index (χ4n) is 4.16. The third-order valence-corrected chi connectivity index (χ3v) is 8.08. The van der Waals surface area contributed by atoms with E-state index in [4.69, 9.17) is 0 Å². The first kappa shape index (κ1) is 22.5. The molecule has 3 aromatic rings. The van der Waals surface area contributed by atoms with E-state index in [1.807, 2.05) is 36.4 Å². The third-order valence-electron chi connectivity index (χ3n) is 5.96. The Kier molecular flexibility index (Phi) is 7.26. The molecule has 166 valence electrons. The second-order valence-electron chi connectivity index (χ2n) is 7.77. The zero-order valence-corrected chi connectivity index (χ0v) is 20.3. The normalized spacial score (nSPS) is 13.3. The number of carbonyl (C=O) groups is 2. The van der Waals surface area contributed by atoms with Crippen LogP contribution in [-0.2, 0) is 0 Å². The molecule has 0 radical (unpaired) electrons. The molecule has 0 saturated heterocycles. The van der Waals surface area contributed by atoms with Gasteiger partial charge >= 0.3 is 169 Å². The molecule has 1 heterocycles. The van der Waals surface area contributed by atoms with Crippen LogP contribution < -0.4 is 9.78 Å². The predicted octanol–water partition coefficient (Wildman–Crippen LogP) is 3.64. The van der Waals surface area contributed by atoms with Crippen LogP contribution in [-0.4, -0.2) is 69.3 Å². The summed E-state index contributed by atoms with van der Waals surface area (Å²) in [5.41, 5.74) is 2.22. The van der Waals surface area contributed by atoms with Gasteiger partial charge in [0, 0.05) is 0 Å². The van der Waals surface area contributed by atoms with Crippen LogP contribution in [0.2, 0.25) is 5.32 Å². The monoisotopic (exact) mass is 495 g/mol. The molecule has 0 saturated carbocycles. The quantitative estimate of drug-likeness (QED) is 0.266. The molecule has 3 aromatic carbocycles. The second kappa shape index (κ2) is 10.3. The zero-order chi connectivity index (χ0) is 22.5. The molecule has 0 aliphatic carbocycles. The maximum atomic E-state index is 13.2. The van der Waals surface area contributed by atoms with Crippen LogP contribution in [0.25, 0.3) is 10.8 Å². The van der Waals surface area contributed by atoms with E-state index >= 15 is 0 Å². The first-order valence-corrected chi connectivity index (χ1v) is 13.3. The van der Waals surface area contributed by atoms with Crippen LogP contribution in [0.5, 0.6) is 0 Å². The van der Waals surface area contributed by atoms with Gasteiger partial charge in [0.2, 0.25) is 0 Å². The number of benzene rings is 3. The Hall–Kier alpha value is -2.66. The van der Waals surface area contributed by atoms with Crippen molar-refractivity contribution < 1.29 is 9.59 Å². The fourth-order valence-corrected chi connectivity index (χ4v) is 5.81. The Bertz CT molecular complexity index is 1090. The number of likely N-dealkylation sites (N-methyl/N-ethyl adjacent to an activating group) is 1. The van der Waals surface area contributed by atoms with Crippen LogP contribution in [0.4, 0.5) is 5.69 Å². The number of nitrogens with one attached hydrogen (secondary N) is 1. The van der Waals surface area contributed by atoms with Crippen LogP contribution in [0.1, 0.15) is 34.6 Å². The van der Waals surface area contributed by atoms with Gasteiger partial charge in [0.15, 0.2) is 0 Å². The summed E-state index contributed by atoms with van der Waals surface area (Å²) in [6, 6.07) is 20.1. The summed E-state index contributed by atoms with van der Waals surface area (Å²) in [5, 5.41) is 6.32. The summed E-state index contributed by atoms with van der Waals surface area (Å²) in [6.07, 6.45) is 0. The number of hydrogen-bond donors (Lipinski definition) is 1. The molecule has 0 fully saturated rings. The fraction of sp³-hybridized carbons (Fsp3) is 0.308. The molecule has 1 aliphatic rings. The minimum absolute atomic E-state index is 0.190. The molecule has 4 rings (SSSR count). The van der Waals surface area contributed by atoms with Crippen LogP contribution in [0, 0.1) is 0 Å². The predicted molar refractivity (Wildman–Crippen MR) is 132 cm³/mol. The Morgan fingerprint density at radius 2 is 1.59 bits per heavy atom. The summed E-state index contributed by atoms with van der Waals surface area (Å²) in [5.74, 6) is -0.380. The van der Waals surface area contributed by atoms with Gasteiger partial charge in [-0.25, -0.2) is 0 Å². The van der Waals surface area contributed by atoms with Crippen molar-refractivity contribution in [3.63, 3.8) is 0 Å². The SMILES string of the molecule is CCN(CC)CCN1C(=O)c2cccc3c(NCC[Se]c4ccccc4)ccc(c23)C1=O. The molecule has 0 atom stereocenters. The third kappa shape index (κ3) is 4.58. The Balaban J connectivity index is 1.52. The van der Waals surface area contributed by atoms with E-state index in [0.29, 0.717) is 39.2 Å². The molecule has 2 amide bonds. The van der Waals surface area contributed by atoms with Crippen molar-refractivity contribution in [1.82, 2.24) is 9.80 Å². The van der Waals surface area contributed by atoms with E-state index < -0.39 is 0 Å². The average molecular weight is 494 g/mol. The summed E-state index contributed by atoms with van der Waals surface area (Å²) in [7, 11) is 0. The Morgan fingerprint density at radius 1 is 0.875 bits per heavy atom. The van der Waals surface area contributed by atoms with Crippen LogP contribution >= 0.6 is 0 Å². The van der Waals surface area contributed by atoms with E-state index in [2.05, 4.69) is 48.3 Å². The molecule has 32 heavy (non-hydrogen) atoms. The van der Waals surface area contributed by atoms with Gasteiger partial charge in [-0.1, -0.05) is 13.8 Å². The van der Waals surface area contributed by atoms with Gasteiger partial charge in [-0.3, -0.25) is 0 Å². The standard InChI is InChI=1S/C26H29N3O2Se/c1-3-28(4-2)16-17-29-25(30)21-12-8-11-20-23(14-13-22(24(20)21)26(29)31)27-15-18-32-19-9-6-5-7-10-19/h5-14,27H,3-4,15-18H2,1-2H3. The van der Waals surface area contributed by atoms with Crippen molar-refractivity contribution >= 4 is 47.7 Å². The molecule has 0 aromatic heterocycles. The molecular weight excluding hydrogens is 465 g/mol. The Morgan fingerprint density at radius 3 is 2.31 bits per heavy atom. The number of carbonyl (C=O) groups excluding carboxylic acids is 2. The van der Waals surface area contributed by atoms with Gasteiger partial charge in [0.1, 0.15) is 0 Å². The van der Waals surface area contributed by atoms with E-state index in [9.17, 15) is 9.59 Å². The minimum atomic E-state index is -0.190. The number of amides is 2. The Labute approximate surface area is 195 Å². The zero-order valence-electron chi connectivity index (χ0n) is 18.6. The molecule has 1 N–H and O–H groups in total. The van der Waals surface area contributed by atoms with Crippen molar-refractivity contribution in [2.75, 3.05) is 38.0 Å². The summed E-state index contributed by atoms with van der Waals surface area (Å²) < 4.78 is 1.39. The summed E-state index contributed by atoms with van der Waals surface area (Å²) in [4.78, 5) is 30.0. The molecule has 0 bridgehead atoms. The second-order valence-corrected chi connectivity index (χ2v) is 10.2. The van der Waals surface area contributed by atoms with Gasteiger partial charge < -0.3 is 0 Å². The summed E-state index contributed by atoms with van der Waals surface area (Å²) >= 11 is 0.415. The number of anilines is 1. The van der Waals surface area contributed by atoms with Gasteiger partial charge in [0.25, 0.3) is 0 Å². The molecule has 6 heteroatoms. The van der Waals surface area contributed by atoms with Crippen molar-refractivity contribution in [1.29, 1.82) is 0 Å². The molecule has 0 unspecified atom stereocenters. The number of imide groups is 1. The van der Waals surface area contributed by atoms with Crippen molar-refractivity contribution in [2.45, 2.75) is 19.2 Å². The van der Waals surface area contributed by atoms with Crippen molar-refractivity contribution in [3.05, 3.63) is 71.8 Å². The summed E-state index contributed by atoms with van der Waals surface area (Å²) in [6.45, 7) is 7.95. The van der Waals surface area contributed by atoms with Gasteiger partial charge in [-0.15, -0.1) is 0 Å². The average Bonchev–Trinajstić information content (AvgIpc) is 2.83. The molecule has 1 aliphatic heterocycles.